The highest BCUT2D eigenvalue weighted by Gasteiger charge is 2.31. The fourth-order valence-electron chi connectivity index (χ4n) is 2.75. The first-order valence-corrected chi connectivity index (χ1v) is 8.26. The Hall–Kier alpha value is -2.51. The average Bonchev–Trinajstić information content (AvgIpc) is 2.93. The molecule has 0 spiro atoms. The fourth-order valence-corrected chi connectivity index (χ4v) is 2.75. The molecule has 1 aliphatic heterocycles. The van der Waals surface area contributed by atoms with Crippen molar-refractivity contribution in [1.82, 2.24) is 0 Å². The third kappa shape index (κ3) is 5.50. The van der Waals surface area contributed by atoms with Gasteiger partial charge in [0.05, 0.1) is 6.61 Å². The maximum atomic E-state index is 12.3. The highest BCUT2D eigenvalue weighted by atomic mass is 19.4. The van der Waals surface area contributed by atoms with Crippen LogP contribution in [-0.4, -0.2) is 31.3 Å². The van der Waals surface area contributed by atoms with Gasteiger partial charge in [-0.15, -0.1) is 13.2 Å². The summed E-state index contributed by atoms with van der Waals surface area (Å²) in [7, 11) is 0. The summed E-state index contributed by atoms with van der Waals surface area (Å²) in [5, 5.41) is 0. The molecule has 1 heterocycles. The SMILES string of the molecule is CCOC(=O)C=C(C)N=C1CCCN1c1ccc(OC(F)(F)F)cc1C. The minimum Gasteiger partial charge on any atom is -0.463 e. The lowest BCUT2D eigenvalue weighted by atomic mass is 10.1. The van der Waals surface area contributed by atoms with Gasteiger partial charge in [0.15, 0.2) is 0 Å². The molecule has 0 radical (unpaired) electrons. The summed E-state index contributed by atoms with van der Waals surface area (Å²) >= 11 is 0. The third-order valence-corrected chi connectivity index (χ3v) is 3.71. The lowest BCUT2D eigenvalue weighted by molar-refractivity contribution is -0.274. The number of aryl methyl sites for hydroxylation is 1. The number of halogens is 3. The summed E-state index contributed by atoms with van der Waals surface area (Å²) < 4.78 is 45.8. The zero-order valence-corrected chi connectivity index (χ0v) is 14.9. The number of esters is 1. The van der Waals surface area contributed by atoms with Crippen molar-refractivity contribution in [1.29, 1.82) is 0 Å². The van der Waals surface area contributed by atoms with Crippen molar-refractivity contribution in [2.24, 2.45) is 4.99 Å². The van der Waals surface area contributed by atoms with Crippen LogP contribution in [0.25, 0.3) is 0 Å². The molecule has 0 unspecified atom stereocenters. The number of aliphatic imine (C=N–C) groups is 1. The van der Waals surface area contributed by atoms with E-state index in [-0.39, 0.29) is 12.4 Å². The number of hydrogen-bond donors (Lipinski definition) is 0. The normalized spacial score (nSPS) is 16.9. The monoisotopic (exact) mass is 370 g/mol. The molecule has 0 saturated carbocycles. The maximum Gasteiger partial charge on any atom is 0.573 e. The lowest BCUT2D eigenvalue weighted by Crippen LogP contribution is -2.25. The molecule has 5 nitrogen and oxygen atoms in total. The van der Waals surface area contributed by atoms with Crippen LogP contribution in [0.2, 0.25) is 0 Å². The van der Waals surface area contributed by atoms with E-state index in [0.29, 0.717) is 24.2 Å². The number of nitrogens with zero attached hydrogens (tertiary/aromatic N) is 2. The Morgan fingerprint density at radius 3 is 2.73 bits per heavy atom. The van der Waals surface area contributed by atoms with Crippen molar-refractivity contribution in [2.75, 3.05) is 18.1 Å². The first-order valence-electron chi connectivity index (χ1n) is 8.26. The van der Waals surface area contributed by atoms with Gasteiger partial charge in [0.25, 0.3) is 0 Å². The van der Waals surface area contributed by atoms with E-state index in [2.05, 4.69) is 9.73 Å². The number of carbonyl (C=O) groups excluding carboxylic acids is 1. The number of anilines is 1. The summed E-state index contributed by atoms with van der Waals surface area (Å²) in [6.45, 7) is 6.13. The second-order valence-electron chi connectivity index (χ2n) is 5.82. The van der Waals surface area contributed by atoms with Gasteiger partial charge in [-0.2, -0.15) is 0 Å². The van der Waals surface area contributed by atoms with Crippen molar-refractivity contribution in [2.45, 2.75) is 40.0 Å². The quantitative estimate of drug-likeness (QED) is 0.571. The molecular formula is C18H21F3N2O3. The van der Waals surface area contributed by atoms with Crippen LogP contribution < -0.4 is 9.64 Å². The molecule has 26 heavy (non-hydrogen) atoms. The molecule has 0 bridgehead atoms. The molecule has 0 aliphatic carbocycles. The number of rotatable bonds is 5. The molecule has 1 aliphatic rings. The molecular weight excluding hydrogens is 349 g/mol. The Kier molecular flexibility index (Phi) is 6.28. The molecule has 1 aromatic carbocycles. The van der Waals surface area contributed by atoms with Gasteiger partial charge in [0.1, 0.15) is 11.6 Å². The lowest BCUT2D eigenvalue weighted by Gasteiger charge is -2.22. The Morgan fingerprint density at radius 1 is 1.38 bits per heavy atom. The van der Waals surface area contributed by atoms with Crippen LogP contribution in [-0.2, 0) is 9.53 Å². The molecule has 0 atom stereocenters. The van der Waals surface area contributed by atoms with Crippen molar-refractivity contribution in [3.05, 3.63) is 35.5 Å². The summed E-state index contributed by atoms with van der Waals surface area (Å²) in [5.41, 5.74) is 1.92. The molecule has 0 amide bonds. The molecule has 2 rings (SSSR count). The van der Waals surface area contributed by atoms with Crippen molar-refractivity contribution >= 4 is 17.5 Å². The minimum absolute atomic E-state index is 0.255. The van der Waals surface area contributed by atoms with Crippen LogP contribution in [0.3, 0.4) is 0 Å². The zero-order chi connectivity index (χ0) is 19.3. The Balaban J connectivity index is 2.22. The first-order chi connectivity index (χ1) is 12.2. The van der Waals surface area contributed by atoms with Crippen molar-refractivity contribution < 1.29 is 27.4 Å². The van der Waals surface area contributed by atoms with Crippen LogP contribution >= 0.6 is 0 Å². The summed E-state index contributed by atoms with van der Waals surface area (Å²) in [5.74, 6) is 0.0502. The molecule has 1 aromatic rings. The first kappa shape index (κ1) is 19.8. The van der Waals surface area contributed by atoms with E-state index >= 15 is 0 Å². The fraction of sp³-hybridized carbons (Fsp3) is 0.444. The van der Waals surface area contributed by atoms with E-state index in [4.69, 9.17) is 4.74 Å². The second-order valence-corrected chi connectivity index (χ2v) is 5.82. The van der Waals surface area contributed by atoms with Crippen molar-refractivity contribution in [3.63, 3.8) is 0 Å². The summed E-state index contributed by atoms with van der Waals surface area (Å²) in [6.07, 6.45) is -1.82. The highest BCUT2D eigenvalue weighted by molar-refractivity contribution is 6.01. The van der Waals surface area contributed by atoms with E-state index in [9.17, 15) is 18.0 Å². The highest BCUT2D eigenvalue weighted by Crippen LogP contribution is 2.31. The van der Waals surface area contributed by atoms with Gasteiger partial charge in [-0.3, -0.25) is 0 Å². The van der Waals surface area contributed by atoms with Crippen LogP contribution in [0.1, 0.15) is 32.3 Å². The van der Waals surface area contributed by atoms with Crippen LogP contribution in [0.15, 0.2) is 35.0 Å². The van der Waals surface area contributed by atoms with Gasteiger partial charge in [0.2, 0.25) is 0 Å². The van der Waals surface area contributed by atoms with E-state index in [1.54, 1.807) is 26.8 Å². The van der Waals surface area contributed by atoms with E-state index in [1.807, 2.05) is 4.90 Å². The van der Waals surface area contributed by atoms with Crippen molar-refractivity contribution in [3.8, 4) is 5.75 Å². The molecule has 0 N–H and O–H groups in total. The van der Waals surface area contributed by atoms with Gasteiger partial charge < -0.3 is 14.4 Å². The molecule has 0 aromatic heterocycles. The van der Waals surface area contributed by atoms with Crippen LogP contribution in [0, 0.1) is 6.92 Å². The summed E-state index contributed by atoms with van der Waals surface area (Å²) in [6, 6.07) is 4.22. The average molecular weight is 370 g/mol. The predicted molar refractivity (Wildman–Crippen MR) is 92.3 cm³/mol. The number of allylic oxidation sites excluding steroid dienone is 1. The number of alkyl halides is 3. The van der Waals surface area contributed by atoms with Gasteiger partial charge in [-0.05, 0) is 51.0 Å². The van der Waals surface area contributed by atoms with Crippen LogP contribution in [0.5, 0.6) is 5.75 Å². The predicted octanol–water partition coefficient (Wildman–Crippen LogP) is 4.36. The molecule has 1 saturated heterocycles. The second kappa shape index (κ2) is 8.25. The standard InChI is InChI=1S/C18H21F3N2O3/c1-4-25-17(24)11-13(3)22-16-6-5-9-23(16)15-8-7-14(10-12(15)2)26-18(19,20)21/h7-8,10-11H,4-6,9H2,1-3H3. The Morgan fingerprint density at radius 2 is 2.12 bits per heavy atom. The van der Waals surface area contributed by atoms with Gasteiger partial charge >= 0.3 is 12.3 Å². The van der Waals surface area contributed by atoms with E-state index < -0.39 is 12.3 Å². The number of amidine groups is 1. The Labute approximate surface area is 150 Å². The number of hydrogen-bond acceptors (Lipinski definition) is 4. The maximum absolute atomic E-state index is 12.3. The number of carbonyl (C=O) groups is 1. The topological polar surface area (TPSA) is 51.1 Å². The molecule has 8 heteroatoms. The minimum atomic E-state index is -4.72. The Bertz CT molecular complexity index is 727. The molecule has 1 fully saturated rings. The largest absolute Gasteiger partial charge is 0.573 e. The van der Waals surface area contributed by atoms with E-state index in [0.717, 1.165) is 17.9 Å². The smallest absolute Gasteiger partial charge is 0.463 e. The number of benzene rings is 1. The zero-order valence-electron chi connectivity index (χ0n) is 14.9. The van der Waals surface area contributed by atoms with E-state index in [1.165, 1.54) is 18.2 Å². The number of ether oxygens (including phenoxy) is 2. The third-order valence-electron chi connectivity index (χ3n) is 3.71. The van der Waals surface area contributed by atoms with Crippen LogP contribution in [0.4, 0.5) is 18.9 Å². The van der Waals surface area contributed by atoms with Gasteiger partial charge in [0, 0.05) is 30.4 Å². The molecule has 142 valence electrons. The summed E-state index contributed by atoms with van der Waals surface area (Å²) in [4.78, 5) is 17.9. The van der Waals surface area contributed by atoms with Gasteiger partial charge in [-0.25, -0.2) is 9.79 Å². The van der Waals surface area contributed by atoms with Gasteiger partial charge in [-0.1, -0.05) is 0 Å².